The Morgan fingerprint density at radius 1 is 1.25 bits per heavy atom. The predicted molar refractivity (Wildman–Crippen MR) is 77.7 cm³/mol. The van der Waals surface area contributed by atoms with Crippen LogP contribution in [0, 0.1) is 0 Å². The highest BCUT2D eigenvalue weighted by atomic mass is 35.5. The molecule has 7 heteroatoms. The van der Waals surface area contributed by atoms with Crippen molar-refractivity contribution in [2.45, 2.75) is 9.79 Å². The molecule has 0 aliphatic carbocycles. The lowest BCUT2D eigenvalue weighted by atomic mass is 10.4. The predicted octanol–water partition coefficient (Wildman–Crippen LogP) is 5.15. The number of hydrogen-bond acceptors (Lipinski definition) is 5. The summed E-state index contributed by atoms with van der Waals surface area (Å²) in [5, 5.41) is 0. The molecule has 1 rings (SSSR count). The SMILES string of the molecule is CSP(=O)(OC(Cl)Sc1ccccc1)SC. The van der Waals surface area contributed by atoms with E-state index in [2.05, 4.69) is 0 Å². The third kappa shape index (κ3) is 4.94. The summed E-state index contributed by atoms with van der Waals surface area (Å²) in [6, 6.07) is 9.66. The Balaban J connectivity index is 2.54. The molecule has 0 bridgehead atoms. The van der Waals surface area contributed by atoms with Crippen LogP contribution in [0.25, 0.3) is 0 Å². The molecule has 0 fully saturated rings. The van der Waals surface area contributed by atoms with Gasteiger partial charge in [0.15, 0.2) is 4.90 Å². The lowest BCUT2D eigenvalue weighted by molar-refractivity contribution is 0.376. The van der Waals surface area contributed by atoms with E-state index in [0.717, 1.165) is 4.90 Å². The molecular formula is C9H12ClO2PS3. The molecule has 90 valence electrons. The number of halogens is 1. The van der Waals surface area contributed by atoms with E-state index in [0.29, 0.717) is 0 Å². The number of rotatable bonds is 6. The van der Waals surface area contributed by atoms with Crippen LogP contribution in [0.3, 0.4) is 0 Å². The van der Waals surface area contributed by atoms with Gasteiger partial charge in [0.25, 0.3) is 0 Å². The van der Waals surface area contributed by atoms with Crippen LogP contribution in [-0.4, -0.2) is 17.4 Å². The van der Waals surface area contributed by atoms with Gasteiger partial charge in [0.05, 0.1) is 0 Å². The molecule has 0 aliphatic heterocycles. The van der Waals surface area contributed by atoms with Gasteiger partial charge >= 0.3 is 5.77 Å². The molecule has 2 nitrogen and oxygen atoms in total. The minimum atomic E-state index is -2.69. The van der Waals surface area contributed by atoms with E-state index in [1.807, 2.05) is 30.3 Å². The van der Waals surface area contributed by atoms with Gasteiger partial charge in [-0.2, -0.15) is 0 Å². The highest BCUT2D eigenvalue weighted by Gasteiger charge is 2.25. The molecule has 0 amide bonds. The second kappa shape index (κ2) is 7.24. The van der Waals surface area contributed by atoms with Crippen molar-refractivity contribution in [1.29, 1.82) is 0 Å². The molecule has 0 saturated carbocycles. The second-order valence-corrected chi connectivity index (χ2v) is 12.0. The van der Waals surface area contributed by atoms with Crippen LogP contribution >= 0.6 is 51.9 Å². The largest absolute Gasteiger partial charge is 0.314 e. The Morgan fingerprint density at radius 3 is 2.31 bits per heavy atom. The van der Waals surface area contributed by atoms with Crippen LogP contribution in [-0.2, 0) is 9.09 Å². The average molecular weight is 315 g/mol. The van der Waals surface area contributed by atoms with Crippen LogP contribution in [0.15, 0.2) is 35.2 Å². The first-order valence-electron chi connectivity index (χ1n) is 4.35. The van der Waals surface area contributed by atoms with E-state index in [9.17, 15) is 4.57 Å². The van der Waals surface area contributed by atoms with Gasteiger partial charge in [-0.3, -0.25) is 9.09 Å². The van der Waals surface area contributed by atoms with Crippen molar-refractivity contribution in [3.63, 3.8) is 0 Å². The maximum absolute atomic E-state index is 12.0. The molecular weight excluding hydrogens is 303 g/mol. The molecule has 16 heavy (non-hydrogen) atoms. The van der Waals surface area contributed by atoms with Crippen LogP contribution in [0.4, 0.5) is 0 Å². The number of hydrogen-bond donors (Lipinski definition) is 0. The van der Waals surface area contributed by atoms with Gasteiger partial charge in [-0.05, 0) is 24.6 Å². The maximum Gasteiger partial charge on any atom is 0.314 e. The molecule has 0 radical (unpaired) electrons. The Bertz CT molecular complexity index is 355. The maximum atomic E-state index is 12.0. The van der Waals surface area contributed by atoms with E-state index in [1.165, 1.54) is 34.5 Å². The fraction of sp³-hybridized carbons (Fsp3) is 0.333. The average Bonchev–Trinajstić information content (AvgIpc) is 2.30. The molecule has 1 atom stereocenters. The zero-order valence-corrected chi connectivity index (χ0v) is 12.9. The van der Waals surface area contributed by atoms with Crippen LogP contribution < -0.4 is 0 Å². The van der Waals surface area contributed by atoms with Gasteiger partial charge in [-0.25, -0.2) is 0 Å². The Labute approximate surface area is 113 Å². The lowest BCUT2D eigenvalue weighted by Crippen LogP contribution is -1.94. The fourth-order valence-corrected chi connectivity index (χ4v) is 6.56. The third-order valence-electron chi connectivity index (χ3n) is 1.63. The quantitative estimate of drug-likeness (QED) is 0.313. The Kier molecular flexibility index (Phi) is 6.70. The van der Waals surface area contributed by atoms with Crippen molar-refractivity contribution in [1.82, 2.24) is 0 Å². The van der Waals surface area contributed by atoms with Crippen molar-refractivity contribution >= 4 is 51.9 Å². The summed E-state index contributed by atoms with van der Waals surface area (Å²) in [4.78, 5) is 0.365. The molecule has 0 heterocycles. The Hall–Kier alpha value is 0.750. The molecule has 0 N–H and O–H groups in total. The monoisotopic (exact) mass is 314 g/mol. The van der Waals surface area contributed by atoms with E-state index in [4.69, 9.17) is 16.1 Å². The van der Waals surface area contributed by atoms with Crippen LogP contribution in [0.5, 0.6) is 0 Å². The van der Waals surface area contributed by atoms with Gasteiger partial charge in [0, 0.05) is 4.90 Å². The summed E-state index contributed by atoms with van der Waals surface area (Å²) < 4.78 is 17.3. The van der Waals surface area contributed by atoms with Crippen molar-refractivity contribution in [3.05, 3.63) is 30.3 Å². The lowest BCUT2D eigenvalue weighted by Gasteiger charge is -2.16. The van der Waals surface area contributed by atoms with Crippen LogP contribution in [0.1, 0.15) is 0 Å². The highest BCUT2D eigenvalue weighted by Crippen LogP contribution is 2.69. The number of alkyl halides is 1. The summed E-state index contributed by atoms with van der Waals surface area (Å²) in [5.74, 6) is -2.69. The smallest absolute Gasteiger partial charge is 0.283 e. The van der Waals surface area contributed by atoms with E-state index in [-0.39, 0.29) is 0 Å². The standard InChI is InChI=1S/C9H12ClO2PS3/c1-14-13(11,15-2)12-9(10)16-8-6-4-3-5-7-8/h3-7,9H,1-2H3. The molecule has 1 aromatic rings. The third-order valence-corrected chi connectivity index (χ3v) is 10.3. The second-order valence-electron chi connectivity index (χ2n) is 2.62. The van der Waals surface area contributed by atoms with Gasteiger partial charge in [0.2, 0.25) is 0 Å². The van der Waals surface area contributed by atoms with Crippen molar-refractivity contribution in [2.24, 2.45) is 0 Å². The molecule has 0 saturated heterocycles. The summed E-state index contributed by atoms with van der Waals surface area (Å²) in [5.41, 5.74) is 0. The summed E-state index contributed by atoms with van der Waals surface area (Å²) in [6.45, 7) is 0. The summed E-state index contributed by atoms with van der Waals surface area (Å²) >= 11 is 9.76. The number of thioether (sulfide) groups is 1. The minimum absolute atomic E-state index is 0.631. The fourth-order valence-electron chi connectivity index (χ4n) is 0.890. The van der Waals surface area contributed by atoms with E-state index in [1.54, 1.807) is 12.5 Å². The van der Waals surface area contributed by atoms with Crippen molar-refractivity contribution in [2.75, 3.05) is 12.5 Å². The summed E-state index contributed by atoms with van der Waals surface area (Å²) in [7, 11) is 0. The molecule has 1 aromatic carbocycles. The summed E-state index contributed by atoms with van der Waals surface area (Å²) in [6.07, 6.45) is 3.52. The van der Waals surface area contributed by atoms with Crippen molar-refractivity contribution in [3.8, 4) is 0 Å². The van der Waals surface area contributed by atoms with Gasteiger partial charge < -0.3 is 0 Å². The van der Waals surface area contributed by atoms with E-state index < -0.39 is 10.7 Å². The topological polar surface area (TPSA) is 26.3 Å². The zero-order valence-electron chi connectivity index (χ0n) is 8.83. The first kappa shape index (κ1) is 14.8. The first-order chi connectivity index (χ1) is 7.59. The Morgan fingerprint density at radius 2 is 1.81 bits per heavy atom. The minimum Gasteiger partial charge on any atom is -0.283 e. The van der Waals surface area contributed by atoms with E-state index >= 15 is 0 Å². The molecule has 0 aromatic heterocycles. The molecule has 0 aliphatic rings. The normalized spacial score (nSPS) is 13.7. The molecule has 0 spiro atoms. The first-order valence-corrected chi connectivity index (χ1v) is 11.0. The highest BCUT2D eigenvalue weighted by molar-refractivity contribution is 8.89. The zero-order chi connectivity index (χ0) is 12.0. The number of benzene rings is 1. The van der Waals surface area contributed by atoms with Gasteiger partial charge in [-0.15, -0.1) is 0 Å². The van der Waals surface area contributed by atoms with Crippen LogP contribution in [0.2, 0.25) is 0 Å². The van der Waals surface area contributed by atoms with Gasteiger partial charge in [-0.1, -0.05) is 64.3 Å². The molecule has 1 unspecified atom stereocenters. The van der Waals surface area contributed by atoms with Crippen molar-refractivity contribution < 1.29 is 9.09 Å². The van der Waals surface area contributed by atoms with Gasteiger partial charge in [0.1, 0.15) is 0 Å².